The lowest BCUT2D eigenvalue weighted by Crippen LogP contribution is -2.45. The number of nitrogens with zero attached hydrogens (tertiary/aromatic N) is 1. The Labute approximate surface area is 114 Å². The molecule has 0 fully saturated rings. The first-order valence-corrected chi connectivity index (χ1v) is 6.71. The third-order valence-corrected chi connectivity index (χ3v) is 3.32. The predicted molar refractivity (Wildman–Crippen MR) is 76.2 cm³/mol. The van der Waals surface area contributed by atoms with Crippen molar-refractivity contribution in [3.63, 3.8) is 0 Å². The Kier molecular flexibility index (Phi) is 5.76. The van der Waals surface area contributed by atoms with Gasteiger partial charge in [-0.1, -0.05) is 13.8 Å². The number of carbonyl (C=O) groups is 1. The van der Waals surface area contributed by atoms with Crippen LogP contribution >= 0.6 is 0 Å². The predicted octanol–water partition coefficient (Wildman–Crippen LogP) is 2.19. The molecular weight excluding hydrogens is 242 g/mol. The number of anilines is 1. The van der Waals surface area contributed by atoms with Gasteiger partial charge in [0.2, 0.25) is 0 Å². The van der Waals surface area contributed by atoms with Gasteiger partial charge in [0.15, 0.2) is 0 Å². The monoisotopic (exact) mass is 265 g/mol. The van der Waals surface area contributed by atoms with Gasteiger partial charge in [-0.2, -0.15) is 0 Å². The Morgan fingerprint density at radius 3 is 2.68 bits per heavy atom. The van der Waals surface area contributed by atoms with Crippen LogP contribution in [0.15, 0.2) is 18.3 Å². The highest BCUT2D eigenvalue weighted by atomic mass is 16.5. The molecule has 5 nitrogen and oxygen atoms in total. The van der Waals surface area contributed by atoms with Crippen molar-refractivity contribution in [2.45, 2.75) is 39.2 Å². The van der Waals surface area contributed by atoms with Crippen molar-refractivity contribution in [1.82, 2.24) is 4.98 Å². The van der Waals surface area contributed by atoms with Crippen LogP contribution in [0.3, 0.4) is 0 Å². The lowest BCUT2D eigenvalue weighted by Gasteiger charge is -2.27. The number of pyridine rings is 1. The quantitative estimate of drug-likeness (QED) is 0.739. The summed E-state index contributed by atoms with van der Waals surface area (Å²) in [5, 5.41) is 3.16. The molecule has 1 aromatic rings. The fraction of sp³-hybridized carbons (Fsp3) is 0.571. The molecule has 19 heavy (non-hydrogen) atoms. The van der Waals surface area contributed by atoms with Gasteiger partial charge in [0, 0.05) is 18.3 Å². The molecule has 0 saturated heterocycles. The molecule has 0 amide bonds. The lowest BCUT2D eigenvalue weighted by atomic mass is 9.94. The number of nitrogens with one attached hydrogen (secondary N) is 1. The summed E-state index contributed by atoms with van der Waals surface area (Å²) in [6, 6.07) is 3.41. The number of esters is 1. The minimum absolute atomic E-state index is 0.288. The van der Waals surface area contributed by atoms with E-state index in [1.807, 2.05) is 0 Å². The van der Waals surface area contributed by atoms with Crippen LogP contribution in [0.1, 0.15) is 44.0 Å². The zero-order chi connectivity index (χ0) is 14.3. The van der Waals surface area contributed by atoms with Gasteiger partial charge in [-0.15, -0.1) is 0 Å². The van der Waals surface area contributed by atoms with Gasteiger partial charge < -0.3 is 15.8 Å². The SMILES string of the molecule is CCOC(=O)c1cccnc1NCC(N)(CC)CC. The number of rotatable bonds is 7. The largest absolute Gasteiger partial charge is 0.462 e. The molecule has 0 aliphatic carbocycles. The third kappa shape index (κ3) is 4.21. The molecule has 0 atom stereocenters. The van der Waals surface area contributed by atoms with Crippen LogP contribution in [0, 0.1) is 0 Å². The molecule has 0 radical (unpaired) electrons. The van der Waals surface area contributed by atoms with Crippen LogP contribution in [0.4, 0.5) is 5.82 Å². The number of hydrogen-bond acceptors (Lipinski definition) is 5. The smallest absolute Gasteiger partial charge is 0.341 e. The molecule has 0 bridgehead atoms. The minimum Gasteiger partial charge on any atom is -0.462 e. The highest BCUT2D eigenvalue weighted by molar-refractivity contribution is 5.94. The van der Waals surface area contributed by atoms with Crippen LogP contribution in [0.25, 0.3) is 0 Å². The van der Waals surface area contributed by atoms with E-state index >= 15 is 0 Å². The van der Waals surface area contributed by atoms with Gasteiger partial charge in [0.25, 0.3) is 0 Å². The molecule has 0 aliphatic heterocycles. The summed E-state index contributed by atoms with van der Waals surface area (Å²) in [6.07, 6.45) is 3.36. The summed E-state index contributed by atoms with van der Waals surface area (Å²) in [5.41, 5.74) is 6.38. The molecule has 0 aliphatic rings. The molecule has 0 spiro atoms. The van der Waals surface area contributed by atoms with Crippen LogP contribution < -0.4 is 11.1 Å². The van der Waals surface area contributed by atoms with Crippen molar-refractivity contribution in [3.05, 3.63) is 23.9 Å². The highest BCUT2D eigenvalue weighted by Crippen LogP contribution is 2.16. The summed E-state index contributed by atoms with van der Waals surface area (Å²) in [5.74, 6) is 0.159. The first-order chi connectivity index (χ1) is 9.06. The van der Waals surface area contributed by atoms with E-state index < -0.39 is 0 Å². The molecule has 1 rings (SSSR count). The maximum absolute atomic E-state index is 11.8. The van der Waals surface area contributed by atoms with Gasteiger partial charge in [-0.05, 0) is 31.9 Å². The summed E-state index contributed by atoms with van der Waals surface area (Å²) < 4.78 is 5.00. The van der Waals surface area contributed by atoms with E-state index in [1.165, 1.54) is 0 Å². The van der Waals surface area contributed by atoms with Gasteiger partial charge in [-0.3, -0.25) is 0 Å². The van der Waals surface area contributed by atoms with Crippen molar-refractivity contribution in [1.29, 1.82) is 0 Å². The molecule has 0 unspecified atom stereocenters. The topological polar surface area (TPSA) is 77.2 Å². The zero-order valence-corrected chi connectivity index (χ0v) is 11.9. The van der Waals surface area contributed by atoms with Crippen molar-refractivity contribution in [3.8, 4) is 0 Å². The third-order valence-electron chi connectivity index (χ3n) is 3.32. The Hall–Kier alpha value is -1.62. The van der Waals surface area contributed by atoms with Crippen molar-refractivity contribution in [2.75, 3.05) is 18.5 Å². The second-order valence-corrected chi connectivity index (χ2v) is 4.54. The first-order valence-electron chi connectivity index (χ1n) is 6.71. The molecule has 0 saturated carbocycles. The van der Waals surface area contributed by atoms with Gasteiger partial charge >= 0.3 is 5.97 Å². The summed E-state index contributed by atoms with van der Waals surface area (Å²) in [7, 11) is 0. The molecule has 1 heterocycles. The maximum Gasteiger partial charge on any atom is 0.341 e. The fourth-order valence-corrected chi connectivity index (χ4v) is 1.68. The Morgan fingerprint density at radius 2 is 2.11 bits per heavy atom. The number of nitrogens with two attached hydrogens (primary N) is 1. The Balaban J connectivity index is 2.81. The normalized spacial score (nSPS) is 11.2. The number of aromatic nitrogens is 1. The average Bonchev–Trinajstić information content (AvgIpc) is 2.45. The van der Waals surface area contributed by atoms with Crippen LogP contribution in [0.2, 0.25) is 0 Å². The number of hydrogen-bond donors (Lipinski definition) is 2. The van der Waals surface area contributed by atoms with Crippen molar-refractivity contribution < 1.29 is 9.53 Å². The van der Waals surface area contributed by atoms with E-state index in [0.717, 1.165) is 12.8 Å². The van der Waals surface area contributed by atoms with Crippen LogP contribution in [-0.4, -0.2) is 29.6 Å². The second-order valence-electron chi connectivity index (χ2n) is 4.54. The average molecular weight is 265 g/mol. The van der Waals surface area contributed by atoms with E-state index in [4.69, 9.17) is 10.5 Å². The fourth-order valence-electron chi connectivity index (χ4n) is 1.68. The van der Waals surface area contributed by atoms with Crippen LogP contribution in [0.5, 0.6) is 0 Å². The minimum atomic E-state index is -0.367. The van der Waals surface area contributed by atoms with E-state index in [2.05, 4.69) is 24.1 Å². The summed E-state index contributed by atoms with van der Waals surface area (Å²) in [4.78, 5) is 16.0. The number of ether oxygens (including phenoxy) is 1. The zero-order valence-electron chi connectivity index (χ0n) is 11.9. The second kappa shape index (κ2) is 7.09. The van der Waals surface area contributed by atoms with Crippen LogP contribution in [-0.2, 0) is 4.74 Å². The molecule has 1 aromatic heterocycles. The number of carbonyl (C=O) groups excluding carboxylic acids is 1. The maximum atomic E-state index is 11.8. The van der Waals surface area contributed by atoms with Gasteiger partial charge in [0.1, 0.15) is 11.4 Å². The Bertz CT molecular complexity index is 417. The van der Waals surface area contributed by atoms with Gasteiger partial charge in [-0.25, -0.2) is 9.78 Å². The van der Waals surface area contributed by atoms with E-state index in [1.54, 1.807) is 25.3 Å². The van der Waals surface area contributed by atoms with Gasteiger partial charge in [0.05, 0.1) is 6.61 Å². The van der Waals surface area contributed by atoms with Crippen molar-refractivity contribution in [2.24, 2.45) is 5.73 Å². The molecule has 5 heteroatoms. The first kappa shape index (κ1) is 15.4. The Morgan fingerprint density at radius 1 is 1.42 bits per heavy atom. The standard InChI is InChI=1S/C14H23N3O2/c1-4-14(15,5-2)10-17-12-11(8-7-9-16-12)13(18)19-6-3/h7-9H,4-6,10,15H2,1-3H3,(H,16,17). The molecular formula is C14H23N3O2. The van der Waals surface area contributed by atoms with Crippen molar-refractivity contribution >= 4 is 11.8 Å². The summed E-state index contributed by atoms with van der Waals surface area (Å²) in [6.45, 7) is 6.80. The lowest BCUT2D eigenvalue weighted by molar-refractivity contribution is 0.0527. The van der Waals surface area contributed by atoms with E-state index in [-0.39, 0.29) is 11.5 Å². The highest BCUT2D eigenvalue weighted by Gasteiger charge is 2.21. The van der Waals surface area contributed by atoms with E-state index in [0.29, 0.717) is 24.5 Å². The summed E-state index contributed by atoms with van der Waals surface area (Å²) >= 11 is 0. The molecule has 0 aromatic carbocycles. The van der Waals surface area contributed by atoms with E-state index in [9.17, 15) is 4.79 Å². The molecule has 106 valence electrons. The molecule has 3 N–H and O–H groups in total.